The van der Waals surface area contributed by atoms with Crippen LogP contribution >= 0.6 is 15.9 Å². The lowest BCUT2D eigenvalue weighted by atomic mass is 10.1. The zero-order valence-electron chi connectivity index (χ0n) is 10.8. The highest BCUT2D eigenvalue weighted by Crippen LogP contribution is 2.32. The van der Waals surface area contributed by atoms with Crippen LogP contribution in [0.25, 0.3) is 0 Å². The molecule has 0 saturated carbocycles. The fraction of sp³-hybridized carbons (Fsp3) is 0.286. The van der Waals surface area contributed by atoms with Crippen molar-refractivity contribution in [3.63, 3.8) is 0 Å². The van der Waals surface area contributed by atoms with E-state index in [1.807, 2.05) is 29.0 Å². The molecule has 1 aliphatic rings. The van der Waals surface area contributed by atoms with Crippen LogP contribution in [0.15, 0.2) is 41.4 Å². The van der Waals surface area contributed by atoms with Gasteiger partial charge in [0.05, 0.1) is 6.33 Å². The van der Waals surface area contributed by atoms with Crippen molar-refractivity contribution < 1.29 is 4.79 Å². The zero-order chi connectivity index (χ0) is 13.9. The predicted molar refractivity (Wildman–Crippen MR) is 80.4 cm³/mol. The van der Waals surface area contributed by atoms with Gasteiger partial charge in [-0.1, -0.05) is 15.9 Å². The van der Waals surface area contributed by atoms with Crippen LogP contribution in [0, 0.1) is 0 Å². The van der Waals surface area contributed by atoms with E-state index in [4.69, 9.17) is 0 Å². The van der Waals surface area contributed by atoms with E-state index in [1.54, 1.807) is 12.5 Å². The number of rotatable bonds is 5. The summed E-state index contributed by atoms with van der Waals surface area (Å²) in [7, 11) is 0. The first-order valence-electron chi connectivity index (χ1n) is 6.53. The molecule has 1 atom stereocenters. The summed E-state index contributed by atoms with van der Waals surface area (Å²) in [5.41, 5.74) is 1.90. The first-order valence-corrected chi connectivity index (χ1v) is 7.33. The second kappa shape index (κ2) is 5.76. The molecule has 1 aromatic carbocycles. The van der Waals surface area contributed by atoms with Crippen LogP contribution in [0.2, 0.25) is 0 Å². The number of hydrogen-bond donors (Lipinski definition) is 2. The lowest BCUT2D eigenvalue weighted by molar-refractivity contribution is -0.117. The summed E-state index contributed by atoms with van der Waals surface area (Å²) >= 11 is 3.44. The zero-order valence-corrected chi connectivity index (χ0v) is 12.4. The number of carbonyl (C=O) groups is 1. The van der Waals surface area contributed by atoms with Gasteiger partial charge in [-0.2, -0.15) is 0 Å². The van der Waals surface area contributed by atoms with Gasteiger partial charge in [0.25, 0.3) is 0 Å². The monoisotopic (exact) mass is 334 g/mol. The maximum atomic E-state index is 12.0. The number of carbonyl (C=O) groups excluding carboxylic acids is 1. The Labute approximate surface area is 125 Å². The van der Waals surface area contributed by atoms with Crippen LogP contribution in [-0.2, 0) is 11.3 Å². The van der Waals surface area contributed by atoms with Gasteiger partial charge in [-0.3, -0.25) is 4.79 Å². The number of fused-ring (bicyclic) bond motifs is 1. The number of hydrogen-bond acceptors (Lipinski definition) is 3. The summed E-state index contributed by atoms with van der Waals surface area (Å²) in [6.45, 7) is 1.68. The number of nitrogens with one attached hydrogen (secondary N) is 2. The van der Waals surface area contributed by atoms with Crippen LogP contribution in [0.5, 0.6) is 0 Å². The molecule has 0 spiro atoms. The molecule has 0 aliphatic carbocycles. The number of aromatic nitrogens is 2. The molecule has 1 unspecified atom stereocenters. The molecule has 1 aliphatic heterocycles. The van der Waals surface area contributed by atoms with E-state index in [0.29, 0.717) is 0 Å². The van der Waals surface area contributed by atoms with Gasteiger partial charge in [0.1, 0.15) is 6.04 Å². The molecule has 20 heavy (non-hydrogen) atoms. The first kappa shape index (κ1) is 13.3. The Hall–Kier alpha value is -1.66. The van der Waals surface area contributed by atoms with Crippen molar-refractivity contribution >= 4 is 27.5 Å². The third-order valence-electron chi connectivity index (χ3n) is 3.35. The van der Waals surface area contributed by atoms with Gasteiger partial charge >= 0.3 is 0 Å². The first-order chi connectivity index (χ1) is 9.74. The van der Waals surface area contributed by atoms with E-state index >= 15 is 0 Å². The van der Waals surface area contributed by atoms with E-state index in [2.05, 4.69) is 31.5 Å². The third kappa shape index (κ3) is 2.76. The van der Waals surface area contributed by atoms with Gasteiger partial charge in [0, 0.05) is 34.7 Å². The minimum atomic E-state index is -0.259. The van der Waals surface area contributed by atoms with E-state index in [1.165, 1.54) is 0 Å². The quantitative estimate of drug-likeness (QED) is 0.825. The van der Waals surface area contributed by atoms with E-state index in [0.717, 1.165) is 35.2 Å². The SMILES string of the molecule is O=C1Nc2ccc(Br)cc2C1NCCCn1ccnc1. The molecule has 0 saturated heterocycles. The highest BCUT2D eigenvalue weighted by Gasteiger charge is 2.29. The molecule has 104 valence electrons. The second-order valence-corrected chi connectivity index (χ2v) is 5.68. The van der Waals surface area contributed by atoms with Crippen LogP contribution < -0.4 is 10.6 Å². The topological polar surface area (TPSA) is 59.0 Å². The highest BCUT2D eigenvalue weighted by atomic mass is 79.9. The van der Waals surface area contributed by atoms with Gasteiger partial charge in [0.2, 0.25) is 5.91 Å². The molecule has 2 N–H and O–H groups in total. The van der Waals surface area contributed by atoms with E-state index in [9.17, 15) is 4.79 Å². The van der Waals surface area contributed by atoms with Crippen molar-refractivity contribution in [3.8, 4) is 0 Å². The minimum absolute atomic E-state index is 0.0146. The number of aryl methyl sites for hydroxylation is 1. The molecule has 0 radical (unpaired) electrons. The third-order valence-corrected chi connectivity index (χ3v) is 3.84. The number of nitrogens with zero attached hydrogens (tertiary/aromatic N) is 2. The predicted octanol–water partition coefficient (Wildman–Crippen LogP) is 2.32. The molecule has 3 rings (SSSR count). The largest absolute Gasteiger partial charge is 0.337 e. The van der Waals surface area contributed by atoms with Gasteiger partial charge in [-0.15, -0.1) is 0 Å². The van der Waals surface area contributed by atoms with Crippen molar-refractivity contribution in [1.82, 2.24) is 14.9 Å². The second-order valence-electron chi connectivity index (χ2n) is 4.76. The standard InChI is InChI=1S/C14H15BrN4O/c15-10-2-3-12-11(8-10)13(14(20)18-12)17-4-1-6-19-7-5-16-9-19/h2-3,5,7-9,13,17H,1,4,6H2,(H,18,20). The molecule has 2 heterocycles. The van der Waals surface area contributed by atoms with Crippen molar-refractivity contribution in [1.29, 1.82) is 0 Å². The van der Waals surface area contributed by atoms with Crippen LogP contribution in [0.4, 0.5) is 5.69 Å². The summed E-state index contributed by atoms with van der Waals surface area (Å²) in [5, 5.41) is 6.20. The van der Waals surface area contributed by atoms with Gasteiger partial charge in [-0.25, -0.2) is 4.98 Å². The van der Waals surface area contributed by atoms with Crippen molar-refractivity contribution in [2.45, 2.75) is 19.0 Å². The lowest BCUT2D eigenvalue weighted by Gasteiger charge is -2.11. The maximum Gasteiger partial charge on any atom is 0.246 e. The number of benzene rings is 1. The Bertz CT molecular complexity index is 612. The fourth-order valence-electron chi connectivity index (χ4n) is 2.36. The van der Waals surface area contributed by atoms with Gasteiger partial charge < -0.3 is 15.2 Å². The molecule has 0 bridgehead atoms. The van der Waals surface area contributed by atoms with Crippen molar-refractivity contribution in [2.75, 3.05) is 11.9 Å². The Balaban J connectivity index is 1.58. The molecule has 1 amide bonds. The average molecular weight is 335 g/mol. The Morgan fingerprint density at radius 1 is 1.45 bits per heavy atom. The van der Waals surface area contributed by atoms with E-state index in [-0.39, 0.29) is 11.9 Å². The number of imidazole rings is 1. The summed E-state index contributed by atoms with van der Waals surface area (Å²) < 4.78 is 3.01. The summed E-state index contributed by atoms with van der Waals surface area (Å²) in [6, 6.07) is 5.58. The van der Waals surface area contributed by atoms with Crippen molar-refractivity contribution in [3.05, 3.63) is 47.0 Å². The molecular formula is C14H15BrN4O. The fourth-order valence-corrected chi connectivity index (χ4v) is 2.74. The van der Waals surface area contributed by atoms with Crippen LogP contribution in [0.3, 0.4) is 0 Å². The molecular weight excluding hydrogens is 320 g/mol. The number of halogens is 1. The highest BCUT2D eigenvalue weighted by molar-refractivity contribution is 9.10. The summed E-state index contributed by atoms with van der Waals surface area (Å²) in [4.78, 5) is 16.0. The average Bonchev–Trinajstić information content (AvgIpc) is 3.03. The number of anilines is 1. The normalized spacial score (nSPS) is 17.1. The van der Waals surface area contributed by atoms with Crippen molar-refractivity contribution in [2.24, 2.45) is 0 Å². The molecule has 1 aromatic heterocycles. The lowest BCUT2D eigenvalue weighted by Crippen LogP contribution is -2.28. The van der Waals surface area contributed by atoms with Crippen LogP contribution in [-0.4, -0.2) is 22.0 Å². The smallest absolute Gasteiger partial charge is 0.246 e. The molecule has 2 aromatic rings. The summed E-state index contributed by atoms with van der Waals surface area (Å²) in [5.74, 6) is 0.0146. The van der Waals surface area contributed by atoms with Crippen LogP contribution in [0.1, 0.15) is 18.0 Å². The molecule has 6 heteroatoms. The summed E-state index contributed by atoms with van der Waals surface area (Å²) in [6.07, 6.45) is 6.46. The van der Waals surface area contributed by atoms with Gasteiger partial charge in [-0.05, 0) is 31.2 Å². The Morgan fingerprint density at radius 2 is 2.35 bits per heavy atom. The maximum absolute atomic E-state index is 12.0. The van der Waals surface area contributed by atoms with E-state index < -0.39 is 0 Å². The minimum Gasteiger partial charge on any atom is -0.337 e. The Morgan fingerprint density at radius 3 is 3.15 bits per heavy atom. The Kier molecular flexibility index (Phi) is 3.84. The molecule has 0 fully saturated rings. The van der Waals surface area contributed by atoms with Gasteiger partial charge in [0.15, 0.2) is 0 Å². The molecule has 5 nitrogen and oxygen atoms in total. The number of amides is 1.